The van der Waals surface area contributed by atoms with Gasteiger partial charge in [0.25, 0.3) is 5.89 Å². The first-order chi connectivity index (χ1) is 7.08. The largest absolute Gasteiger partial charge is 0.403 e. The lowest BCUT2D eigenvalue weighted by Gasteiger charge is -2.00. The zero-order chi connectivity index (χ0) is 11.0. The molecule has 0 atom stereocenters. The van der Waals surface area contributed by atoms with Crippen molar-refractivity contribution in [2.45, 2.75) is 6.92 Å². The second-order valence-corrected chi connectivity index (χ2v) is 3.03. The molecule has 1 aromatic heterocycles. The molecular formula is C9H7F2N3O. The van der Waals surface area contributed by atoms with E-state index in [-0.39, 0.29) is 17.5 Å². The highest BCUT2D eigenvalue weighted by Crippen LogP contribution is 2.24. The van der Waals surface area contributed by atoms with Crippen molar-refractivity contribution in [3.05, 3.63) is 29.3 Å². The average molecular weight is 211 g/mol. The van der Waals surface area contributed by atoms with Crippen molar-refractivity contribution in [1.29, 1.82) is 0 Å². The predicted molar refractivity (Wildman–Crippen MR) is 48.8 cm³/mol. The third-order valence-corrected chi connectivity index (χ3v) is 1.92. The van der Waals surface area contributed by atoms with E-state index >= 15 is 0 Å². The second kappa shape index (κ2) is 3.30. The van der Waals surface area contributed by atoms with Gasteiger partial charge in [-0.25, -0.2) is 8.78 Å². The first-order valence-corrected chi connectivity index (χ1v) is 4.13. The molecule has 1 heterocycles. The van der Waals surface area contributed by atoms with Gasteiger partial charge in [-0.15, -0.1) is 5.10 Å². The van der Waals surface area contributed by atoms with Crippen LogP contribution < -0.4 is 5.73 Å². The van der Waals surface area contributed by atoms with Crippen LogP contribution in [0.15, 0.2) is 16.5 Å². The summed E-state index contributed by atoms with van der Waals surface area (Å²) in [7, 11) is 0. The first-order valence-electron chi connectivity index (χ1n) is 4.13. The molecule has 78 valence electrons. The Morgan fingerprint density at radius 3 is 2.53 bits per heavy atom. The molecule has 0 saturated carbocycles. The molecule has 0 radical (unpaired) electrons. The third kappa shape index (κ3) is 1.65. The number of rotatable bonds is 1. The summed E-state index contributed by atoms with van der Waals surface area (Å²) in [6.45, 7) is 1.51. The fraction of sp³-hybridized carbons (Fsp3) is 0.111. The van der Waals surface area contributed by atoms with E-state index < -0.39 is 11.6 Å². The van der Waals surface area contributed by atoms with Gasteiger partial charge in [-0.3, -0.25) is 0 Å². The zero-order valence-corrected chi connectivity index (χ0v) is 7.79. The van der Waals surface area contributed by atoms with Crippen LogP contribution in [-0.2, 0) is 0 Å². The molecule has 0 bridgehead atoms. The Balaban J connectivity index is 2.58. The molecule has 0 fully saturated rings. The Morgan fingerprint density at radius 2 is 1.93 bits per heavy atom. The van der Waals surface area contributed by atoms with Crippen LogP contribution in [0.4, 0.5) is 14.8 Å². The normalized spacial score (nSPS) is 10.6. The number of halogens is 2. The molecule has 1 aromatic carbocycles. The standard InChI is InChI=1S/C9H7F2N3O/c1-4-2-5(7(11)3-6(4)10)8-13-14-9(12)15-8/h2-3H,1H3,(H2,12,14). The quantitative estimate of drug-likeness (QED) is 0.782. The fourth-order valence-corrected chi connectivity index (χ4v) is 1.16. The fourth-order valence-electron chi connectivity index (χ4n) is 1.16. The summed E-state index contributed by atoms with van der Waals surface area (Å²) in [5.74, 6) is -1.45. The van der Waals surface area contributed by atoms with Crippen molar-refractivity contribution >= 4 is 6.01 Å². The number of anilines is 1. The lowest BCUT2D eigenvalue weighted by molar-refractivity contribution is 0.560. The van der Waals surface area contributed by atoms with E-state index in [9.17, 15) is 8.78 Å². The van der Waals surface area contributed by atoms with E-state index in [1.54, 1.807) is 0 Å². The molecule has 2 aromatic rings. The molecule has 4 nitrogen and oxygen atoms in total. The van der Waals surface area contributed by atoms with E-state index in [4.69, 9.17) is 10.2 Å². The van der Waals surface area contributed by atoms with Gasteiger partial charge in [-0.2, -0.15) is 0 Å². The number of hydrogen-bond donors (Lipinski definition) is 1. The second-order valence-electron chi connectivity index (χ2n) is 3.03. The molecule has 0 aliphatic heterocycles. The average Bonchev–Trinajstić information content (AvgIpc) is 2.58. The van der Waals surface area contributed by atoms with Crippen molar-refractivity contribution < 1.29 is 13.2 Å². The zero-order valence-electron chi connectivity index (χ0n) is 7.79. The molecule has 6 heteroatoms. The van der Waals surface area contributed by atoms with Gasteiger partial charge in [0.15, 0.2) is 0 Å². The van der Waals surface area contributed by atoms with Gasteiger partial charge >= 0.3 is 6.01 Å². The van der Waals surface area contributed by atoms with Crippen molar-refractivity contribution in [1.82, 2.24) is 10.2 Å². The van der Waals surface area contributed by atoms with Crippen molar-refractivity contribution in [2.24, 2.45) is 0 Å². The van der Waals surface area contributed by atoms with Gasteiger partial charge in [0, 0.05) is 6.07 Å². The molecule has 0 amide bonds. The van der Waals surface area contributed by atoms with Crippen LogP contribution in [-0.4, -0.2) is 10.2 Å². The minimum atomic E-state index is -0.762. The Bertz CT molecular complexity index is 510. The van der Waals surface area contributed by atoms with Crippen LogP contribution in [0.2, 0.25) is 0 Å². The molecule has 2 rings (SSSR count). The minimum Gasteiger partial charge on any atom is -0.403 e. The maximum atomic E-state index is 13.3. The molecule has 0 unspecified atom stereocenters. The van der Waals surface area contributed by atoms with Crippen LogP contribution in [0.1, 0.15) is 5.56 Å². The van der Waals surface area contributed by atoms with E-state index in [0.717, 1.165) is 6.07 Å². The van der Waals surface area contributed by atoms with E-state index in [2.05, 4.69) is 10.2 Å². The molecule has 2 N–H and O–H groups in total. The van der Waals surface area contributed by atoms with E-state index in [0.29, 0.717) is 5.56 Å². The van der Waals surface area contributed by atoms with Crippen LogP contribution >= 0.6 is 0 Å². The lowest BCUT2D eigenvalue weighted by Crippen LogP contribution is -1.90. The minimum absolute atomic E-state index is 0.0399. The monoisotopic (exact) mass is 211 g/mol. The summed E-state index contributed by atoms with van der Waals surface area (Å²) < 4.78 is 31.1. The van der Waals surface area contributed by atoms with E-state index in [1.807, 2.05) is 0 Å². The SMILES string of the molecule is Cc1cc(-c2nnc(N)o2)c(F)cc1F. The van der Waals surface area contributed by atoms with Crippen LogP contribution in [0.5, 0.6) is 0 Å². The number of aromatic nitrogens is 2. The van der Waals surface area contributed by atoms with Gasteiger partial charge in [-0.05, 0) is 18.6 Å². The number of nitrogens with two attached hydrogens (primary N) is 1. The van der Waals surface area contributed by atoms with Crippen molar-refractivity contribution in [2.75, 3.05) is 5.73 Å². The summed E-state index contributed by atoms with van der Waals surface area (Å²) in [4.78, 5) is 0. The Labute approximate surface area is 83.7 Å². The number of nitrogen functional groups attached to an aromatic ring is 1. The van der Waals surface area contributed by atoms with Crippen LogP contribution in [0.3, 0.4) is 0 Å². The summed E-state index contributed by atoms with van der Waals surface area (Å²) in [5, 5.41) is 6.90. The third-order valence-electron chi connectivity index (χ3n) is 1.92. The van der Waals surface area contributed by atoms with Gasteiger partial charge in [0.1, 0.15) is 11.6 Å². The lowest BCUT2D eigenvalue weighted by atomic mass is 10.1. The van der Waals surface area contributed by atoms with Gasteiger partial charge in [0.05, 0.1) is 5.56 Å². The summed E-state index contributed by atoms with van der Waals surface area (Å²) in [5.41, 5.74) is 5.53. The predicted octanol–water partition coefficient (Wildman–Crippen LogP) is 1.91. The van der Waals surface area contributed by atoms with Crippen LogP contribution in [0.25, 0.3) is 11.5 Å². The molecule has 0 spiro atoms. The van der Waals surface area contributed by atoms with Crippen molar-refractivity contribution in [3.8, 4) is 11.5 Å². The highest BCUT2D eigenvalue weighted by atomic mass is 19.1. The highest BCUT2D eigenvalue weighted by Gasteiger charge is 2.14. The topological polar surface area (TPSA) is 64.9 Å². The van der Waals surface area contributed by atoms with E-state index in [1.165, 1.54) is 13.0 Å². The molecule has 15 heavy (non-hydrogen) atoms. The van der Waals surface area contributed by atoms with Crippen LogP contribution in [0, 0.1) is 18.6 Å². The summed E-state index contributed by atoms with van der Waals surface area (Å²) in [6, 6.07) is 1.90. The molecular weight excluding hydrogens is 204 g/mol. The number of hydrogen-bond acceptors (Lipinski definition) is 4. The Hall–Kier alpha value is -1.98. The summed E-state index contributed by atoms with van der Waals surface area (Å²) in [6.07, 6.45) is 0. The van der Waals surface area contributed by atoms with Gasteiger partial charge in [-0.1, -0.05) is 5.10 Å². The molecule has 0 aliphatic rings. The number of aryl methyl sites for hydroxylation is 1. The van der Waals surface area contributed by atoms with Gasteiger partial charge < -0.3 is 10.2 Å². The smallest absolute Gasteiger partial charge is 0.313 e. The maximum absolute atomic E-state index is 13.3. The van der Waals surface area contributed by atoms with Crippen molar-refractivity contribution in [3.63, 3.8) is 0 Å². The van der Waals surface area contributed by atoms with Gasteiger partial charge in [0.2, 0.25) is 0 Å². The number of nitrogens with zero attached hydrogens (tertiary/aromatic N) is 2. The molecule has 0 saturated heterocycles. The molecule has 0 aliphatic carbocycles. The highest BCUT2D eigenvalue weighted by molar-refractivity contribution is 5.55. The first kappa shape index (κ1) is 9.57. The Morgan fingerprint density at radius 1 is 1.20 bits per heavy atom. The maximum Gasteiger partial charge on any atom is 0.313 e. The Kier molecular flexibility index (Phi) is 2.11. The number of benzene rings is 1. The summed E-state index contributed by atoms with van der Waals surface area (Å²) >= 11 is 0.